The molecular formula is C17H9F3N2O3S2. The highest BCUT2D eigenvalue weighted by Gasteiger charge is 2.40. The van der Waals surface area contributed by atoms with Crippen LogP contribution in [0.25, 0.3) is 6.08 Å². The van der Waals surface area contributed by atoms with Crippen LogP contribution in [0.4, 0.5) is 24.5 Å². The number of carbonyl (C=O) groups excluding carboxylic acids is 1. The Bertz CT molecular complexity index is 972. The van der Waals surface area contributed by atoms with E-state index >= 15 is 0 Å². The van der Waals surface area contributed by atoms with E-state index in [0.717, 1.165) is 22.7 Å². The summed E-state index contributed by atoms with van der Waals surface area (Å²) in [6.07, 6.45) is -3.21. The fourth-order valence-corrected chi connectivity index (χ4v) is 3.71. The maximum absolute atomic E-state index is 13.2. The Morgan fingerprint density at radius 1 is 1.11 bits per heavy atom. The molecule has 1 fully saturated rings. The van der Waals surface area contributed by atoms with Crippen LogP contribution in [0.3, 0.4) is 0 Å². The summed E-state index contributed by atoms with van der Waals surface area (Å²) < 4.78 is 39.7. The van der Waals surface area contributed by atoms with Gasteiger partial charge in [0.1, 0.15) is 0 Å². The molecule has 2 aromatic carbocycles. The van der Waals surface area contributed by atoms with Crippen molar-refractivity contribution in [3.05, 3.63) is 74.7 Å². The number of nitrogens with zero attached hydrogens (tertiary/aromatic N) is 2. The highest BCUT2D eigenvalue weighted by Crippen LogP contribution is 2.42. The standard InChI is InChI=1S/C17H9F3N2O3S2/c18-17(19,20)12-3-1-2-4-13(12)21-15(23)14(27-16(21)26)9-10-5-7-11(8-6-10)22(24)25/h1-9H/b14-9-. The average molecular weight is 410 g/mol. The van der Waals surface area contributed by atoms with Crippen molar-refractivity contribution in [2.45, 2.75) is 6.18 Å². The van der Waals surface area contributed by atoms with E-state index in [1.165, 1.54) is 48.5 Å². The first-order valence-electron chi connectivity index (χ1n) is 7.37. The maximum Gasteiger partial charge on any atom is 0.418 e. The molecule has 10 heteroatoms. The number of halogens is 3. The molecule has 138 valence electrons. The second-order valence-corrected chi connectivity index (χ2v) is 7.06. The number of hydrogen-bond acceptors (Lipinski definition) is 5. The monoisotopic (exact) mass is 410 g/mol. The number of nitro benzene ring substituents is 1. The van der Waals surface area contributed by atoms with Gasteiger partial charge in [-0.15, -0.1) is 0 Å². The topological polar surface area (TPSA) is 63.4 Å². The van der Waals surface area contributed by atoms with Crippen molar-refractivity contribution in [1.82, 2.24) is 0 Å². The van der Waals surface area contributed by atoms with Gasteiger partial charge in [-0.2, -0.15) is 13.2 Å². The molecular weight excluding hydrogens is 401 g/mol. The van der Waals surface area contributed by atoms with Gasteiger partial charge in [-0.05, 0) is 35.9 Å². The first-order valence-corrected chi connectivity index (χ1v) is 8.59. The normalized spacial score (nSPS) is 16.3. The predicted molar refractivity (Wildman–Crippen MR) is 100 cm³/mol. The van der Waals surface area contributed by atoms with Crippen LogP contribution in [-0.4, -0.2) is 15.2 Å². The van der Waals surface area contributed by atoms with E-state index in [4.69, 9.17) is 12.2 Å². The lowest BCUT2D eigenvalue weighted by Gasteiger charge is -2.20. The van der Waals surface area contributed by atoms with E-state index in [-0.39, 0.29) is 20.6 Å². The second-order valence-electron chi connectivity index (χ2n) is 5.38. The van der Waals surface area contributed by atoms with Crippen LogP contribution in [0, 0.1) is 10.1 Å². The molecule has 0 radical (unpaired) electrons. The van der Waals surface area contributed by atoms with Gasteiger partial charge in [0.15, 0.2) is 4.32 Å². The van der Waals surface area contributed by atoms with Crippen LogP contribution < -0.4 is 4.90 Å². The molecule has 1 aliphatic heterocycles. The van der Waals surface area contributed by atoms with Crippen molar-refractivity contribution < 1.29 is 22.9 Å². The molecule has 1 saturated heterocycles. The summed E-state index contributed by atoms with van der Waals surface area (Å²) >= 11 is 5.97. The number of para-hydroxylation sites is 1. The van der Waals surface area contributed by atoms with Gasteiger partial charge in [-0.1, -0.05) is 36.1 Å². The summed E-state index contributed by atoms with van der Waals surface area (Å²) in [6, 6.07) is 10.1. The number of amides is 1. The summed E-state index contributed by atoms with van der Waals surface area (Å²) in [5, 5.41) is 10.7. The summed E-state index contributed by atoms with van der Waals surface area (Å²) in [4.78, 5) is 23.7. The number of rotatable bonds is 3. The lowest BCUT2D eigenvalue weighted by Crippen LogP contribution is -2.29. The number of carbonyl (C=O) groups is 1. The first-order chi connectivity index (χ1) is 12.7. The van der Waals surface area contributed by atoms with Gasteiger partial charge in [0.2, 0.25) is 0 Å². The molecule has 0 N–H and O–H groups in total. The molecule has 2 aromatic rings. The molecule has 0 bridgehead atoms. The fourth-order valence-electron chi connectivity index (χ4n) is 2.43. The van der Waals surface area contributed by atoms with Crippen molar-refractivity contribution >= 4 is 51.7 Å². The number of thioether (sulfide) groups is 1. The maximum atomic E-state index is 13.2. The minimum Gasteiger partial charge on any atom is -0.268 e. The highest BCUT2D eigenvalue weighted by molar-refractivity contribution is 8.27. The number of hydrogen-bond donors (Lipinski definition) is 0. The molecule has 1 aliphatic rings. The number of alkyl halides is 3. The van der Waals surface area contributed by atoms with Gasteiger partial charge in [0.25, 0.3) is 11.6 Å². The Hall–Kier alpha value is -2.72. The molecule has 0 saturated carbocycles. The predicted octanol–water partition coefficient (Wildman–Crippen LogP) is 5.02. The van der Waals surface area contributed by atoms with Crippen LogP contribution in [0.15, 0.2) is 53.4 Å². The van der Waals surface area contributed by atoms with Crippen LogP contribution in [-0.2, 0) is 11.0 Å². The Balaban J connectivity index is 1.96. The van der Waals surface area contributed by atoms with Crippen LogP contribution in [0.2, 0.25) is 0 Å². The van der Waals surface area contributed by atoms with E-state index in [1.54, 1.807) is 0 Å². The average Bonchev–Trinajstić information content (AvgIpc) is 2.88. The third kappa shape index (κ3) is 3.86. The zero-order valence-corrected chi connectivity index (χ0v) is 14.9. The van der Waals surface area contributed by atoms with E-state index in [0.29, 0.717) is 5.56 Å². The van der Waals surface area contributed by atoms with Gasteiger partial charge in [0.05, 0.1) is 21.1 Å². The van der Waals surface area contributed by atoms with Crippen LogP contribution in [0.5, 0.6) is 0 Å². The minimum atomic E-state index is -4.64. The molecule has 0 spiro atoms. The van der Waals surface area contributed by atoms with Gasteiger partial charge >= 0.3 is 6.18 Å². The largest absolute Gasteiger partial charge is 0.418 e. The number of anilines is 1. The van der Waals surface area contributed by atoms with Crippen LogP contribution in [0.1, 0.15) is 11.1 Å². The van der Waals surface area contributed by atoms with Crippen molar-refractivity contribution in [1.29, 1.82) is 0 Å². The highest BCUT2D eigenvalue weighted by atomic mass is 32.2. The molecule has 3 rings (SSSR count). The van der Waals surface area contributed by atoms with E-state index in [1.807, 2.05) is 0 Å². The lowest BCUT2D eigenvalue weighted by molar-refractivity contribution is -0.384. The number of nitro groups is 1. The van der Waals surface area contributed by atoms with E-state index < -0.39 is 22.6 Å². The molecule has 1 heterocycles. The smallest absolute Gasteiger partial charge is 0.268 e. The summed E-state index contributed by atoms with van der Waals surface area (Å²) in [7, 11) is 0. The lowest BCUT2D eigenvalue weighted by atomic mass is 10.1. The molecule has 0 aromatic heterocycles. The van der Waals surface area contributed by atoms with Gasteiger partial charge < -0.3 is 0 Å². The molecule has 5 nitrogen and oxygen atoms in total. The quantitative estimate of drug-likeness (QED) is 0.308. The number of benzene rings is 2. The third-order valence-corrected chi connectivity index (χ3v) is 4.95. The molecule has 0 atom stereocenters. The zero-order valence-electron chi connectivity index (χ0n) is 13.3. The molecule has 27 heavy (non-hydrogen) atoms. The van der Waals surface area contributed by atoms with E-state index in [9.17, 15) is 28.1 Å². The van der Waals surface area contributed by atoms with Gasteiger partial charge in [-0.25, -0.2) is 0 Å². The van der Waals surface area contributed by atoms with Crippen LogP contribution >= 0.6 is 24.0 Å². The number of thiocarbonyl (C=S) groups is 1. The Kier molecular flexibility index (Phi) is 5.03. The van der Waals surface area contributed by atoms with Gasteiger partial charge in [-0.3, -0.25) is 19.8 Å². The van der Waals surface area contributed by atoms with Crippen molar-refractivity contribution in [3.8, 4) is 0 Å². The number of non-ortho nitro benzene ring substituents is 1. The van der Waals surface area contributed by atoms with Crippen molar-refractivity contribution in [3.63, 3.8) is 0 Å². The minimum absolute atomic E-state index is 0.0233. The zero-order chi connectivity index (χ0) is 19.8. The third-order valence-electron chi connectivity index (χ3n) is 3.65. The second kappa shape index (κ2) is 7.12. The summed E-state index contributed by atoms with van der Waals surface area (Å²) in [5.41, 5.74) is -0.915. The van der Waals surface area contributed by atoms with Gasteiger partial charge in [0, 0.05) is 12.1 Å². The first kappa shape index (κ1) is 19.1. The SMILES string of the molecule is O=C1/C(=C/c2ccc([N+](=O)[O-])cc2)SC(=S)N1c1ccccc1C(F)(F)F. The summed E-state index contributed by atoms with van der Waals surface area (Å²) in [5.74, 6) is -0.681. The van der Waals surface area contributed by atoms with Crippen molar-refractivity contribution in [2.75, 3.05) is 4.90 Å². The fraction of sp³-hybridized carbons (Fsp3) is 0.0588. The molecule has 1 amide bonds. The Morgan fingerprint density at radius 3 is 2.33 bits per heavy atom. The Labute approximate surface area is 160 Å². The summed E-state index contributed by atoms with van der Waals surface area (Å²) in [6.45, 7) is 0. The molecule has 0 unspecified atom stereocenters. The van der Waals surface area contributed by atoms with Crippen molar-refractivity contribution in [2.24, 2.45) is 0 Å². The van der Waals surface area contributed by atoms with E-state index in [2.05, 4.69) is 0 Å². The molecule has 0 aliphatic carbocycles. The Morgan fingerprint density at radius 2 is 1.74 bits per heavy atom.